The Morgan fingerprint density at radius 2 is 1.71 bits per heavy atom. The van der Waals surface area contributed by atoms with Crippen LogP contribution in [0.2, 0.25) is 0 Å². The summed E-state index contributed by atoms with van der Waals surface area (Å²) in [6, 6.07) is 16.5. The highest BCUT2D eigenvalue weighted by Crippen LogP contribution is 2.11. The zero-order chi connectivity index (χ0) is 19.8. The molecule has 0 unspecified atom stereocenters. The van der Waals surface area contributed by atoms with Gasteiger partial charge in [0.05, 0.1) is 5.75 Å². The van der Waals surface area contributed by atoms with Crippen molar-refractivity contribution >= 4 is 27.5 Å². The normalized spacial score (nSPS) is 11.2. The number of nitrogens with zero attached hydrogens (tertiary/aromatic N) is 3. The van der Waals surface area contributed by atoms with E-state index < -0.39 is 10.0 Å². The molecule has 3 N–H and O–H groups in total. The number of benzene rings is 1. The van der Waals surface area contributed by atoms with Crippen molar-refractivity contribution in [2.75, 3.05) is 23.7 Å². The van der Waals surface area contributed by atoms with Crippen LogP contribution in [0.25, 0.3) is 0 Å². The first-order chi connectivity index (χ1) is 13.5. The van der Waals surface area contributed by atoms with E-state index in [2.05, 4.69) is 30.5 Å². The summed E-state index contributed by atoms with van der Waals surface area (Å²) in [7, 11) is -3.39. The number of anilines is 3. The monoisotopic (exact) mass is 398 g/mol. The first-order valence-corrected chi connectivity index (χ1v) is 10.4. The molecule has 0 aliphatic rings. The predicted octanol–water partition coefficient (Wildman–Crippen LogP) is 2.46. The summed E-state index contributed by atoms with van der Waals surface area (Å²) in [6.07, 6.45) is 1.69. The van der Waals surface area contributed by atoms with E-state index in [-0.39, 0.29) is 12.3 Å². The second kappa shape index (κ2) is 9.25. The van der Waals surface area contributed by atoms with Gasteiger partial charge in [-0.15, -0.1) is 10.2 Å². The zero-order valence-electron chi connectivity index (χ0n) is 15.5. The number of hydrogen-bond donors (Lipinski definition) is 3. The van der Waals surface area contributed by atoms with Crippen molar-refractivity contribution in [1.29, 1.82) is 0 Å². The van der Waals surface area contributed by atoms with E-state index in [4.69, 9.17) is 0 Å². The molecule has 8 nitrogen and oxygen atoms in total. The second-order valence-corrected chi connectivity index (χ2v) is 8.02. The summed E-state index contributed by atoms with van der Waals surface area (Å²) >= 11 is 0. The third-order valence-electron chi connectivity index (χ3n) is 3.78. The molecular weight excluding hydrogens is 376 g/mol. The summed E-state index contributed by atoms with van der Waals surface area (Å²) in [5.41, 5.74) is 1.80. The Balaban J connectivity index is 1.43. The molecule has 0 bridgehead atoms. The van der Waals surface area contributed by atoms with Crippen LogP contribution in [0.15, 0.2) is 60.8 Å². The van der Waals surface area contributed by atoms with Crippen LogP contribution >= 0.6 is 0 Å². The largest absolute Gasteiger partial charge is 0.367 e. The summed E-state index contributed by atoms with van der Waals surface area (Å²) in [5.74, 6) is 1.77. The van der Waals surface area contributed by atoms with Gasteiger partial charge in [0.25, 0.3) is 0 Å². The van der Waals surface area contributed by atoms with Crippen molar-refractivity contribution in [2.24, 2.45) is 0 Å². The standard InChI is InChI=1S/C19H22N6O2S/c1-15-5-4-6-16(13-15)14-28(26,27)22-12-11-21-18-8-9-19(25-24-18)23-17-7-2-3-10-20-17/h2-10,13,22H,11-12,14H2,1H3,(H,21,24)(H,20,23,25). The number of nitrogens with one attached hydrogen (secondary N) is 3. The molecular formula is C19H22N6O2S. The van der Waals surface area contributed by atoms with Gasteiger partial charge < -0.3 is 10.6 Å². The number of pyridine rings is 1. The molecule has 0 radical (unpaired) electrons. The molecule has 28 heavy (non-hydrogen) atoms. The minimum Gasteiger partial charge on any atom is -0.367 e. The van der Waals surface area contributed by atoms with E-state index in [1.165, 1.54) is 0 Å². The molecule has 9 heteroatoms. The summed E-state index contributed by atoms with van der Waals surface area (Å²) in [4.78, 5) is 4.16. The van der Waals surface area contributed by atoms with E-state index in [1.807, 2.05) is 43.3 Å². The fourth-order valence-corrected chi connectivity index (χ4v) is 3.66. The fraction of sp³-hybridized carbons (Fsp3) is 0.211. The van der Waals surface area contributed by atoms with E-state index in [0.29, 0.717) is 24.0 Å². The van der Waals surface area contributed by atoms with Crippen LogP contribution in [0.5, 0.6) is 0 Å². The van der Waals surface area contributed by atoms with Crippen molar-refractivity contribution < 1.29 is 8.42 Å². The summed E-state index contributed by atoms with van der Waals surface area (Å²) in [5, 5.41) is 14.2. The Bertz CT molecular complexity index is 994. The van der Waals surface area contributed by atoms with Gasteiger partial charge in [0.15, 0.2) is 5.82 Å². The minimum atomic E-state index is -3.39. The molecule has 0 amide bonds. The number of hydrogen-bond acceptors (Lipinski definition) is 7. The van der Waals surface area contributed by atoms with Gasteiger partial charge in [0.1, 0.15) is 11.6 Å². The molecule has 0 atom stereocenters. The van der Waals surface area contributed by atoms with E-state index in [9.17, 15) is 8.42 Å². The van der Waals surface area contributed by atoms with Crippen molar-refractivity contribution in [2.45, 2.75) is 12.7 Å². The van der Waals surface area contributed by atoms with Crippen LogP contribution in [0.4, 0.5) is 17.5 Å². The maximum atomic E-state index is 12.2. The quantitative estimate of drug-likeness (QED) is 0.475. The van der Waals surface area contributed by atoms with Crippen LogP contribution in [-0.4, -0.2) is 36.7 Å². The van der Waals surface area contributed by atoms with E-state index in [0.717, 1.165) is 11.1 Å². The maximum absolute atomic E-state index is 12.2. The van der Waals surface area contributed by atoms with Gasteiger partial charge in [0, 0.05) is 19.3 Å². The molecule has 0 spiro atoms. The molecule has 0 aliphatic heterocycles. The van der Waals surface area contributed by atoms with Gasteiger partial charge in [-0.1, -0.05) is 35.9 Å². The Kier molecular flexibility index (Phi) is 6.51. The SMILES string of the molecule is Cc1cccc(CS(=O)(=O)NCCNc2ccc(Nc3ccccn3)nn2)c1. The Labute approximate surface area is 164 Å². The predicted molar refractivity (Wildman–Crippen MR) is 110 cm³/mol. The molecule has 1 aromatic carbocycles. The third-order valence-corrected chi connectivity index (χ3v) is 5.14. The van der Waals surface area contributed by atoms with Crippen LogP contribution in [-0.2, 0) is 15.8 Å². The van der Waals surface area contributed by atoms with Crippen molar-refractivity contribution in [3.63, 3.8) is 0 Å². The zero-order valence-corrected chi connectivity index (χ0v) is 16.3. The smallest absolute Gasteiger partial charge is 0.215 e. The minimum absolute atomic E-state index is 0.0393. The average molecular weight is 398 g/mol. The molecule has 2 heterocycles. The van der Waals surface area contributed by atoms with Gasteiger partial charge in [-0.3, -0.25) is 0 Å². The fourth-order valence-electron chi connectivity index (χ4n) is 2.53. The highest BCUT2D eigenvalue weighted by Gasteiger charge is 2.10. The van der Waals surface area contributed by atoms with Crippen molar-refractivity contribution in [3.8, 4) is 0 Å². The second-order valence-electron chi connectivity index (χ2n) is 6.21. The number of aryl methyl sites for hydroxylation is 1. The van der Waals surface area contributed by atoms with Crippen LogP contribution in [0, 0.1) is 6.92 Å². The maximum Gasteiger partial charge on any atom is 0.215 e. The molecule has 3 aromatic rings. The van der Waals surface area contributed by atoms with Gasteiger partial charge in [-0.05, 0) is 36.8 Å². The van der Waals surface area contributed by atoms with Gasteiger partial charge in [-0.25, -0.2) is 18.1 Å². The summed E-state index contributed by atoms with van der Waals surface area (Å²) in [6.45, 7) is 2.59. The Morgan fingerprint density at radius 3 is 2.43 bits per heavy atom. The average Bonchev–Trinajstić information content (AvgIpc) is 2.67. The van der Waals surface area contributed by atoms with Crippen molar-refractivity contribution in [1.82, 2.24) is 19.9 Å². The van der Waals surface area contributed by atoms with Gasteiger partial charge >= 0.3 is 0 Å². The molecule has 0 saturated heterocycles. The molecule has 0 aliphatic carbocycles. The molecule has 0 fully saturated rings. The van der Waals surface area contributed by atoms with Crippen LogP contribution in [0.1, 0.15) is 11.1 Å². The highest BCUT2D eigenvalue weighted by atomic mass is 32.2. The lowest BCUT2D eigenvalue weighted by molar-refractivity contribution is 0.582. The molecule has 3 rings (SSSR count). The lowest BCUT2D eigenvalue weighted by Gasteiger charge is -2.09. The topological polar surface area (TPSA) is 109 Å². The number of sulfonamides is 1. The Morgan fingerprint density at radius 1 is 0.893 bits per heavy atom. The Hall–Kier alpha value is -3.04. The van der Waals surface area contributed by atoms with E-state index in [1.54, 1.807) is 24.4 Å². The molecule has 0 saturated carbocycles. The lowest BCUT2D eigenvalue weighted by Crippen LogP contribution is -2.30. The number of aromatic nitrogens is 3. The molecule has 2 aromatic heterocycles. The highest BCUT2D eigenvalue weighted by molar-refractivity contribution is 7.88. The first-order valence-electron chi connectivity index (χ1n) is 8.79. The van der Waals surface area contributed by atoms with E-state index >= 15 is 0 Å². The number of rotatable bonds is 9. The van der Waals surface area contributed by atoms with Gasteiger partial charge in [0.2, 0.25) is 10.0 Å². The third kappa shape index (κ3) is 6.29. The van der Waals surface area contributed by atoms with Crippen LogP contribution < -0.4 is 15.4 Å². The molecule has 146 valence electrons. The van der Waals surface area contributed by atoms with Gasteiger partial charge in [-0.2, -0.15) is 0 Å². The van der Waals surface area contributed by atoms with Crippen molar-refractivity contribution in [3.05, 3.63) is 71.9 Å². The van der Waals surface area contributed by atoms with Crippen LogP contribution in [0.3, 0.4) is 0 Å². The lowest BCUT2D eigenvalue weighted by atomic mass is 10.2. The first kappa shape index (κ1) is 19.7. The summed E-state index contributed by atoms with van der Waals surface area (Å²) < 4.78 is 26.9.